The summed E-state index contributed by atoms with van der Waals surface area (Å²) in [5, 5.41) is 8.47. The zero-order valence-corrected chi connectivity index (χ0v) is 24.4. The first-order valence-electron chi connectivity index (χ1n) is 12.7. The van der Waals surface area contributed by atoms with Crippen molar-refractivity contribution in [3.63, 3.8) is 0 Å². The molecule has 1 aromatic heterocycles. The number of nitrogens with one attached hydrogen (secondary N) is 1. The number of anilines is 1. The maximum Gasteiger partial charge on any atom is 0.240 e. The summed E-state index contributed by atoms with van der Waals surface area (Å²) in [6, 6.07) is 13.8. The fourth-order valence-electron chi connectivity index (χ4n) is 4.63. The number of aromatic nitrogens is 2. The molecule has 1 atom stereocenters. The molecule has 0 radical (unpaired) electrons. The molecule has 202 valence electrons. The zero-order chi connectivity index (χ0) is 27.6. The Morgan fingerprint density at radius 1 is 1.21 bits per heavy atom. The molecule has 2 amide bonds. The molecule has 0 saturated carbocycles. The van der Waals surface area contributed by atoms with Crippen molar-refractivity contribution in [2.75, 3.05) is 37.5 Å². The number of carbonyl (C=O) groups excluding carboxylic acids is 2. The van der Waals surface area contributed by atoms with Crippen LogP contribution in [0.4, 0.5) is 5.82 Å². The van der Waals surface area contributed by atoms with Gasteiger partial charge in [-0.3, -0.25) is 14.5 Å². The SMILES string of the molecule is COCCNC(=O)CN1C(=O)CS[C@@H](c2cccc(Cl)c2)c2c(C(C)(C)C)nn(-c3cccc(C)c3C)c21. The molecule has 0 saturated heterocycles. The number of methoxy groups -OCH3 is 1. The number of hydrogen-bond donors (Lipinski definition) is 1. The van der Waals surface area contributed by atoms with E-state index in [1.807, 2.05) is 41.1 Å². The number of carbonyl (C=O) groups is 2. The second kappa shape index (κ2) is 11.5. The van der Waals surface area contributed by atoms with Crippen molar-refractivity contribution < 1.29 is 14.3 Å². The van der Waals surface area contributed by atoms with Crippen LogP contribution in [-0.4, -0.2) is 54.2 Å². The third-order valence-electron chi connectivity index (χ3n) is 6.69. The van der Waals surface area contributed by atoms with Gasteiger partial charge in [0.2, 0.25) is 11.8 Å². The lowest BCUT2D eigenvalue weighted by atomic mass is 9.87. The van der Waals surface area contributed by atoms with Gasteiger partial charge in [-0.25, -0.2) is 4.68 Å². The minimum atomic E-state index is -0.329. The predicted octanol–water partition coefficient (Wildman–Crippen LogP) is 5.37. The second-order valence-corrected chi connectivity index (χ2v) is 12.1. The van der Waals surface area contributed by atoms with Crippen LogP contribution in [0.2, 0.25) is 5.02 Å². The van der Waals surface area contributed by atoms with Crippen molar-refractivity contribution in [2.24, 2.45) is 0 Å². The van der Waals surface area contributed by atoms with Gasteiger partial charge in [-0.15, -0.1) is 11.8 Å². The van der Waals surface area contributed by atoms with Gasteiger partial charge in [-0.2, -0.15) is 5.10 Å². The maximum absolute atomic E-state index is 13.7. The summed E-state index contributed by atoms with van der Waals surface area (Å²) in [4.78, 5) is 28.3. The molecule has 1 aliphatic rings. The van der Waals surface area contributed by atoms with E-state index in [0.29, 0.717) is 24.0 Å². The topological polar surface area (TPSA) is 76.5 Å². The molecule has 1 N–H and O–H groups in total. The lowest BCUT2D eigenvalue weighted by molar-refractivity contribution is -0.123. The van der Waals surface area contributed by atoms with E-state index < -0.39 is 0 Å². The number of amides is 2. The van der Waals surface area contributed by atoms with Crippen molar-refractivity contribution in [1.29, 1.82) is 0 Å². The Labute approximate surface area is 233 Å². The van der Waals surface area contributed by atoms with Gasteiger partial charge in [0.15, 0.2) is 0 Å². The molecule has 0 aliphatic carbocycles. The van der Waals surface area contributed by atoms with Crippen LogP contribution in [-0.2, 0) is 19.7 Å². The Morgan fingerprint density at radius 3 is 2.63 bits per heavy atom. The Kier molecular flexibility index (Phi) is 8.55. The fourth-order valence-corrected chi connectivity index (χ4v) is 6.02. The molecule has 3 aromatic rings. The van der Waals surface area contributed by atoms with Gasteiger partial charge < -0.3 is 10.1 Å². The highest BCUT2D eigenvalue weighted by Gasteiger charge is 2.40. The summed E-state index contributed by atoms with van der Waals surface area (Å²) in [5.74, 6) is 0.451. The van der Waals surface area contributed by atoms with E-state index in [0.717, 1.165) is 33.6 Å². The van der Waals surface area contributed by atoms with E-state index >= 15 is 0 Å². The number of hydrogen-bond acceptors (Lipinski definition) is 5. The zero-order valence-electron chi connectivity index (χ0n) is 22.8. The van der Waals surface area contributed by atoms with Crippen LogP contribution in [0.25, 0.3) is 5.69 Å². The van der Waals surface area contributed by atoms with Crippen LogP contribution < -0.4 is 10.2 Å². The number of fused-ring (bicyclic) bond motifs is 1. The lowest BCUT2D eigenvalue weighted by Crippen LogP contribution is -2.43. The van der Waals surface area contributed by atoms with Gasteiger partial charge in [-0.1, -0.05) is 56.6 Å². The Bertz CT molecular complexity index is 1350. The minimum absolute atomic E-state index is 0.113. The van der Waals surface area contributed by atoms with Crippen molar-refractivity contribution in [3.05, 3.63) is 75.4 Å². The van der Waals surface area contributed by atoms with Crippen LogP contribution in [0, 0.1) is 13.8 Å². The molecule has 7 nitrogen and oxygen atoms in total. The van der Waals surface area contributed by atoms with Gasteiger partial charge in [0, 0.05) is 29.7 Å². The highest BCUT2D eigenvalue weighted by Crippen LogP contribution is 2.48. The fraction of sp³-hybridized carbons (Fsp3) is 0.414. The van der Waals surface area contributed by atoms with Crippen molar-refractivity contribution in [1.82, 2.24) is 15.1 Å². The molecule has 0 bridgehead atoms. The number of nitrogens with zero attached hydrogens (tertiary/aromatic N) is 3. The molecule has 1 aliphatic heterocycles. The molecule has 2 heterocycles. The monoisotopic (exact) mass is 554 g/mol. The quantitative estimate of drug-likeness (QED) is 0.397. The van der Waals surface area contributed by atoms with Crippen LogP contribution >= 0.6 is 23.4 Å². The summed E-state index contributed by atoms with van der Waals surface area (Å²) in [6.07, 6.45) is 0. The van der Waals surface area contributed by atoms with E-state index in [-0.39, 0.29) is 34.8 Å². The van der Waals surface area contributed by atoms with E-state index in [2.05, 4.69) is 46.0 Å². The average Bonchev–Trinajstić information content (AvgIpc) is 3.19. The van der Waals surface area contributed by atoms with Crippen molar-refractivity contribution in [3.8, 4) is 5.69 Å². The Morgan fingerprint density at radius 2 is 1.95 bits per heavy atom. The summed E-state index contributed by atoms with van der Waals surface area (Å²) in [5.41, 5.74) is 5.54. The van der Waals surface area contributed by atoms with Crippen LogP contribution in [0.15, 0.2) is 42.5 Å². The third kappa shape index (κ3) is 5.77. The number of aryl methyl sites for hydroxylation is 1. The van der Waals surface area contributed by atoms with Crippen LogP contribution in [0.1, 0.15) is 54.0 Å². The van der Waals surface area contributed by atoms with Gasteiger partial charge in [0.25, 0.3) is 0 Å². The molecule has 4 rings (SSSR count). The predicted molar refractivity (Wildman–Crippen MR) is 155 cm³/mol. The van der Waals surface area contributed by atoms with E-state index in [1.165, 1.54) is 0 Å². The molecule has 0 spiro atoms. The number of thioether (sulfide) groups is 1. The summed E-state index contributed by atoms with van der Waals surface area (Å²) < 4.78 is 6.93. The lowest BCUT2D eigenvalue weighted by Gasteiger charge is -2.25. The van der Waals surface area contributed by atoms with E-state index in [1.54, 1.807) is 23.8 Å². The smallest absolute Gasteiger partial charge is 0.240 e. The van der Waals surface area contributed by atoms with Gasteiger partial charge in [0.1, 0.15) is 12.4 Å². The molecular weight excluding hydrogens is 520 g/mol. The molecule has 0 fully saturated rings. The second-order valence-electron chi connectivity index (χ2n) is 10.5. The molecule has 9 heteroatoms. The minimum Gasteiger partial charge on any atom is -0.383 e. The first-order chi connectivity index (χ1) is 18.0. The Balaban J connectivity index is 1.99. The largest absolute Gasteiger partial charge is 0.383 e. The summed E-state index contributed by atoms with van der Waals surface area (Å²) in [7, 11) is 1.58. The number of ether oxygens (including phenoxy) is 1. The third-order valence-corrected chi connectivity index (χ3v) is 8.18. The standard InChI is InChI=1S/C29H35ClN4O3S/c1-18-9-7-12-22(19(18)2)34-28-25(27(32-34)29(3,4)5)26(20-10-8-11-21(30)15-20)38-17-24(36)33(28)16-23(35)31-13-14-37-6/h7-12,15,26H,13-14,16-17H2,1-6H3,(H,31,35)/t26-/m0/s1. The normalized spacial score (nSPS) is 15.8. The summed E-state index contributed by atoms with van der Waals surface area (Å²) in [6.45, 7) is 11.1. The average molecular weight is 555 g/mol. The van der Waals surface area contributed by atoms with Crippen LogP contribution in [0.3, 0.4) is 0 Å². The highest BCUT2D eigenvalue weighted by molar-refractivity contribution is 8.00. The molecule has 2 aromatic carbocycles. The van der Waals surface area contributed by atoms with E-state index in [9.17, 15) is 9.59 Å². The van der Waals surface area contributed by atoms with Crippen LogP contribution in [0.5, 0.6) is 0 Å². The molecule has 0 unspecified atom stereocenters. The molecular formula is C29H35ClN4O3S. The van der Waals surface area contributed by atoms with E-state index in [4.69, 9.17) is 21.4 Å². The van der Waals surface area contributed by atoms with Gasteiger partial charge in [-0.05, 0) is 48.7 Å². The first-order valence-corrected chi connectivity index (χ1v) is 14.1. The van der Waals surface area contributed by atoms with Gasteiger partial charge >= 0.3 is 0 Å². The van der Waals surface area contributed by atoms with Crippen molar-refractivity contribution >= 4 is 41.0 Å². The number of rotatable bonds is 7. The maximum atomic E-state index is 13.7. The first kappa shape index (κ1) is 28.2. The Hall–Kier alpha value is -2.81. The number of benzene rings is 2. The number of halogens is 1. The van der Waals surface area contributed by atoms with Crippen molar-refractivity contribution in [2.45, 2.75) is 45.3 Å². The highest BCUT2D eigenvalue weighted by atomic mass is 35.5. The summed E-state index contributed by atoms with van der Waals surface area (Å²) >= 11 is 7.96. The van der Waals surface area contributed by atoms with Gasteiger partial charge in [0.05, 0.1) is 29.0 Å². The molecule has 38 heavy (non-hydrogen) atoms.